The van der Waals surface area contributed by atoms with Gasteiger partial charge in [-0.1, -0.05) is 36.9 Å². The fourth-order valence-electron chi connectivity index (χ4n) is 1.98. The van der Waals surface area contributed by atoms with Crippen molar-refractivity contribution in [3.05, 3.63) is 48.4 Å². The van der Waals surface area contributed by atoms with E-state index in [0.717, 1.165) is 17.3 Å². The molecule has 0 bridgehead atoms. The van der Waals surface area contributed by atoms with Crippen LogP contribution in [-0.2, 0) is 14.3 Å². The van der Waals surface area contributed by atoms with Gasteiger partial charge in [0, 0.05) is 10.9 Å². The summed E-state index contributed by atoms with van der Waals surface area (Å²) < 4.78 is 5.29. The zero-order chi connectivity index (χ0) is 17.7. The molecule has 1 aromatic heterocycles. The van der Waals surface area contributed by atoms with E-state index in [9.17, 15) is 9.59 Å². The van der Waals surface area contributed by atoms with Crippen molar-refractivity contribution in [3.63, 3.8) is 0 Å². The Morgan fingerprint density at radius 2 is 1.96 bits per heavy atom. The number of thiazole rings is 1. The minimum absolute atomic E-state index is 0.204. The molecule has 0 atom stereocenters. The molecule has 0 spiro atoms. The maximum Gasteiger partial charge on any atom is 0.326 e. The van der Waals surface area contributed by atoms with Crippen molar-refractivity contribution in [1.29, 1.82) is 0 Å². The Hall–Kier alpha value is -2.47. The Bertz CT molecular complexity index is 732. The lowest BCUT2D eigenvalue weighted by molar-refractivity contribution is -0.153. The van der Waals surface area contributed by atoms with Crippen LogP contribution in [0.1, 0.15) is 20.8 Å². The van der Waals surface area contributed by atoms with Crippen LogP contribution in [0.4, 0.5) is 5.13 Å². The van der Waals surface area contributed by atoms with E-state index in [4.69, 9.17) is 4.74 Å². The average molecular weight is 344 g/mol. The van der Waals surface area contributed by atoms with Crippen LogP contribution in [0.25, 0.3) is 11.3 Å². The molecule has 1 amide bonds. The predicted octanol–water partition coefficient (Wildman–Crippen LogP) is 3.67. The van der Waals surface area contributed by atoms with Gasteiger partial charge in [-0.2, -0.15) is 0 Å². The number of hydrogen-bond donors (Lipinski definition) is 0. The summed E-state index contributed by atoms with van der Waals surface area (Å²) in [4.78, 5) is 29.9. The molecule has 24 heavy (non-hydrogen) atoms. The normalized spacial score (nSPS) is 11.0. The number of rotatable bonds is 5. The molecule has 1 heterocycles. The minimum Gasteiger partial charge on any atom is -0.459 e. The predicted molar refractivity (Wildman–Crippen MR) is 95.9 cm³/mol. The van der Waals surface area contributed by atoms with Crippen molar-refractivity contribution in [2.24, 2.45) is 0 Å². The highest BCUT2D eigenvalue weighted by Gasteiger charge is 2.24. The quantitative estimate of drug-likeness (QED) is 0.613. The van der Waals surface area contributed by atoms with Crippen LogP contribution in [0.5, 0.6) is 0 Å². The molecule has 5 nitrogen and oxygen atoms in total. The molecule has 126 valence electrons. The van der Waals surface area contributed by atoms with Crippen LogP contribution < -0.4 is 4.90 Å². The van der Waals surface area contributed by atoms with Crippen molar-refractivity contribution in [2.75, 3.05) is 11.4 Å². The van der Waals surface area contributed by atoms with E-state index in [1.54, 1.807) is 20.8 Å². The number of aromatic nitrogens is 1. The van der Waals surface area contributed by atoms with Gasteiger partial charge < -0.3 is 4.74 Å². The number of esters is 1. The van der Waals surface area contributed by atoms with Gasteiger partial charge >= 0.3 is 5.97 Å². The molecule has 1 aromatic carbocycles. The van der Waals surface area contributed by atoms with Crippen LogP contribution in [0.3, 0.4) is 0 Å². The largest absolute Gasteiger partial charge is 0.459 e. The summed E-state index contributed by atoms with van der Waals surface area (Å²) in [5.41, 5.74) is 1.09. The highest BCUT2D eigenvalue weighted by Crippen LogP contribution is 2.27. The highest BCUT2D eigenvalue weighted by atomic mass is 32.1. The first kappa shape index (κ1) is 17.9. The molecule has 0 fully saturated rings. The summed E-state index contributed by atoms with van der Waals surface area (Å²) in [5, 5.41) is 2.29. The lowest BCUT2D eigenvalue weighted by Crippen LogP contribution is -2.38. The molecule has 2 aromatic rings. The molecule has 0 N–H and O–H groups in total. The van der Waals surface area contributed by atoms with E-state index < -0.39 is 17.5 Å². The van der Waals surface area contributed by atoms with Crippen LogP contribution in [0, 0.1) is 0 Å². The van der Waals surface area contributed by atoms with Gasteiger partial charge in [-0.3, -0.25) is 14.5 Å². The topological polar surface area (TPSA) is 59.5 Å². The van der Waals surface area contributed by atoms with Gasteiger partial charge in [0.1, 0.15) is 12.1 Å². The summed E-state index contributed by atoms with van der Waals surface area (Å²) in [6.07, 6.45) is 1.16. The van der Waals surface area contributed by atoms with Crippen LogP contribution in [0.2, 0.25) is 0 Å². The van der Waals surface area contributed by atoms with E-state index in [1.807, 2.05) is 35.7 Å². The van der Waals surface area contributed by atoms with Crippen LogP contribution in [0.15, 0.2) is 48.4 Å². The van der Waals surface area contributed by atoms with E-state index >= 15 is 0 Å². The van der Waals surface area contributed by atoms with Crippen molar-refractivity contribution >= 4 is 28.3 Å². The Labute approximate surface area is 145 Å². The monoisotopic (exact) mass is 344 g/mol. The van der Waals surface area contributed by atoms with Gasteiger partial charge in [0.05, 0.1) is 5.69 Å². The van der Waals surface area contributed by atoms with Crippen molar-refractivity contribution < 1.29 is 14.3 Å². The summed E-state index contributed by atoms with van der Waals surface area (Å²) >= 11 is 1.29. The number of anilines is 1. The second kappa shape index (κ2) is 7.40. The third-order valence-corrected chi connectivity index (χ3v) is 3.80. The lowest BCUT2D eigenvalue weighted by atomic mass is 10.2. The number of hydrogen-bond acceptors (Lipinski definition) is 5. The number of benzene rings is 1. The van der Waals surface area contributed by atoms with E-state index in [-0.39, 0.29) is 6.54 Å². The smallest absolute Gasteiger partial charge is 0.326 e. The molecule has 6 heteroatoms. The van der Waals surface area contributed by atoms with Crippen LogP contribution >= 0.6 is 11.3 Å². The van der Waals surface area contributed by atoms with Gasteiger partial charge in [-0.25, -0.2) is 4.98 Å². The van der Waals surface area contributed by atoms with Crippen molar-refractivity contribution in [3.8, 4) is 11.3 Å². The van der Waals surface area contributed by atoms with Gasteiger partial charge in [-0.05, 0) is 26.8 Å². The molecule has 2 rings (SSSR count). The molecule has 0 saturated heterocycles. The standard InChI is InChI=1S/C18H20N2O3S/c1-5-15(21)20(11-16(22)23-18(2,3)4)17-19-14(12-24-17)13-9-7-6-8-10-13/h5-10,12H,1,11H2,2-4H3. The summed E-state index contributed by atoms with van der Waals surface area (Å²) in [7, 11) is 0. The zero-order valence-electron chi connectivity index (χ0n) is 14.0. The molecule has 0 aliphatic carbocycles. The fourth-order valence-corrected chi connectivity index (χ4v) is 2.82. The van der Waals surface area contributed by atoms with Gasteiger partial charge in [0.25, 0.3) is 5.91 Å². The molecular formula is C18H20N2O3S. The Morgan fingerprint density at radius 1 is 1.29 bits per heavy atom. The molecule has 0 aliphatic heterocycles. The summed E-state index contributed by atoms with van der Waals surface area (Å²) in [6, 6.07) is 9.63. The van der Waals surface area contributed by atoms with E-state index in [0.29, 0.717) is 5.13 Å². The van der Waals surface area contributed by atoms with E-state index in [1.165, 1.54) is 16.2 Å². The first-order valence-electron chi connectivity index (χ1n) is 7.47. The molecule has 0 aliphatic rings. The summed E-state index contributed by atoms with van der Waals surface area (Å²) in [6.45, 7) is 8.62. The number of carbonyl (C=O) groups is 2. The van der Waals surface area contributed by atoms with Crippen molar-refractivity contribution in [1.82, 2.24) is 4.98 Å². The van der Waals surface area contributed by atoms with Crippen molar-refractivity contribution in [2.45, 2.75) is 26.4 Å². The molecular weight excluding hydrogens is 324 g/mol. The molecule has 0 unspecified atom stereocenters. The fraction of sp³-hybridized carbons (Fsp3) is 0.278. The third kappa shape index (κ3) is 4.76. The third-order valence-electron chi connectivity index (χ3n) is 2.94. The molecule has 0 radical (unpaired) electrons. The number of amides is 1. The second-order valence-electron chi connectivity index (χ2n) is 6.10. The Balaban J connectivity index is 2.23. The highest BCUT2D eigenvalue weighted by molar-refractivity contribution is 7.14. The van der Waals surface area contributed by atoms with Crippen LogP contribution in [-0.4, -0.2) is 29.0 Å². The lowest BCUT2D eigenvalue weighted by Gasteiger charge is -2.23. The average Bonchev–Trinajstić information content (AvgIpc) is 3.00. The maximum absolute atomic E-state index is 12.1. The summed E-state index contributed by atoms with van der Waals surface area (Å²) in [5.74, 6) is -0.885. The van der Waals surface area contributed by atoms with E-state index in [2.05, 4.69) is 11.6 Å². The Morgan fingerprint density at radius 3 is 2.54 bits per heavy atom. The number of carbonyl (C=O) groups excluding carboxylic acids is 2. The number of nitrogens with zero attached hydrogens (tertiary/aromatic N) is 2. The first-order chi connectivity index (χ1) is 11.3. The van der Waals surface area contributed by atoms with Gasteiger partial charge in [0.2, 0.25) is 0 Å². The first-order valence-corrected chi connectivity index (χ1v) is 8.35. The maximum atomic E-state index is 12.1. The molecule has 0 saturated carbocycles. The number of ether oxygens (including phenoxy) is 1. The zero-order valence-corrected chi connectivity index (χ0v) is 14.8. The second-order valence-corrected chi connectivity index (χ2v) is 6.93. The van der Waals surface area contributed by atoms with Gasteiger partial charge in [-0.15, -0.1) is 11.3 Å². The SMILES string of the molecule is C=CC(=O)N(CC(=O)OC(C)(C)C)c1nc(-c2ccccc2)cs1. The van der Waals surface area contributed by atoms with Gasteiger partial charge in [0.15, 0.2) is 5.13 Å². The minimum atomic E-state index is -0.613. The Kier molecular flexibility index (Phi) is 5.51.